The van der Waals surface area contributed by atoms with Crippen LogP contribution >= 0.6 is 11.6 Å². The Kier molecular flexibility index (Phi) is 9.77. The second-order valence-electron chi connectivity index (χ2n) is 14.3. The van der Waals surface area contributed by atoms with Crippen molar-refractivity contribution in [3.8, 4) is 5.75 Å². The van der Waals surface area contributed by atoms with Gasteiger partial charge in [0.15, 0.2) is 0 Å². The predicted octanol–water partition coefficient (Wildman–Crippen LogP) is 6.06. The summed E-state index contributed by atoms with van der Waals surface area (Å²) in [6.07, 6.45) is 10.2. The van der Waals surface area contributed by atoms with Crippen molar-refractivity contribution in [3.05, 3.63) is 70.3 Å². The van der Waals surface area contributed by atoms with Gasteiger partial charge in [0, 0.05) is 48.5 Å². The number of aryl methyl sites for hydroxylation is 1. The van der Waals surface area contributed by atoms with Crippen LogP contribution < -0.4 is 14.4 Å². The van der Waals surface area contributed by atoms with Crippen LogP contribution in [-0.2, 0) is 31.1 Å². The molecule has 1 amide bonds. The summed E-state index contributed by atoms with van der Waals surface area (Å²) in [7, 11) is 2.47. The van der Waals surface area contributed by atoms with Crippen molar-refractivity contribution in [1.82, 2.24) is 9.79 Å². The van der Waals surface area contributed by atoms with Crippen LogP contribution in [0.2, 0.25) is 5.02 Å². The largest absolute Gasteiger partial charge is 0.490 e. The van der Waals surface area contributed by atoms with E-state index in [1.54, 1.807) is 20.3 Å². The third-order valence-electron chi connectivity index (χ3n) is 11.5. The third-order valence-corrected chi connectivity index (χ3v) is 14.0. The van der Waals surface area contributed by atoms with Gasteiger partial charge in [0.1, 0.15) is 11.4 Å². The molecule has 1 N–H and O–H groups in total. The molecule has 1 fully saturated rings. The van der Waals surface area contributed by atoms with Crippen LogP contribution in [0.3, 0.4) is 0 Å². The summed E-state index contributed by atoms with van der Waals surface area (Å²) in [6, 6.07) is 11.9. The Balaban J connectivity index is 1.46. The fourth-order valence-corrected chi connectivity index (χ4v) is 9.99. The van der Waals surface area contributed by atoms with E-state index in [2.05, 4.69) is 46.7 Å². The number of benzene rings is 2. The van der Waals surface area contributed by atoms with E-state index in [9.17, 15) is 9.00 Å². The number of amides is 1. The smallest absolute Gasteiger partial charge is 0.262 e. The van der Waals surface area contributed by atoms with E-state index in [-0.39, 0.29) is 28.4 Å². The van der Waals surface area contributed by atoms with Crippen molar-refractivity contribution in [1.29, 1.82) is 0 Å². The van der Waals surface area contributed by atoms with Crippen LogP contribution in [0.15, 0.2) is 48.6 Å². The summed E-state index contributed by atoms with van der Waals surface area (Å²) in [5.41, 5.74) is 3.11. The standard InChI is InChI=1S/C37H50ClN3O5S/c1-25-9-7-18-37(44-4,23-40(3)45-5)32-14-11-29(32)21-41-22-36(17-8-10-27-19-30(38)13-15-31(27)36)24-46-34-16-12-28(20-33(34)41)35(42)39-47(6,43)26(25)2/h7,12-13,15-16,18-20,25-26,29,32H,6,8-11,14,17,21-24H2,1-5H3,(H,39,42,43)/b18-7+/t25-,26+,29-,32+,36-,37+,47?/m0/s1. The van der Waals surface area contributed by atoms with Gasteiger partial charge in [0.05, 0.1) is 35.7 Å². The van der Waals surface area contributed by atoms with E-state index in [0.717, 1.165) is 61.7 Å². The number of nitrogens with one attached hydrogen (secondary N) is 1. The van der Waals surface area contributed by atoms with Gasteiger partial charge in [-0.05, 0) is 111 Å². The van der Waals surface area contributed by atoms with E-state index < -0.39 is 15.3 Å². The molecule has 1 spiro atoms. The van der Waals surface area contributed by atoms with Gasteiger partial charge in [-0.25, -0.2) is 4.21 Å². The average Bonchev–Trinajstić information content (AvgIpc) is 3.18. The number of ether oxygens (including phenoxy) is 2. The minimum absolute atomic E-state index is 0.0109. The number of carbonyl (C=O) groups excluding carboxylic acids is 1. The Bertz CT molecular complexity index is 1630. The molecule has 256 valence electrons. The fraction of sp³-hybridized carbons (Fsp3) is 0.568. The molecule has 47 heavy (non-hydrogen) atoms. The van der Waals surface area contributed by atoms with Crippen molar-refractivity contribution >= 4 is 38.8 Å². The highest BCUT2D eigenvalue weighted by atomic mass is 35.5. The zero-order chi connectivity index (χ0) is 33.6. The number of hydrogen-bond acceptors (Lipinski definition) is 7. The molecule has 2 aromatic rings. The molecule has 7 atom stereocenters. The van der Waals surface area contributed by atoms with Gasteiger partial charge in [-0.3, -0.25) is 9.52 Å². The Morgan fingerprint density at radius 1 is 1.19 bits per heavy atom. The lowest BCUT2D eigenvalue weighted by Gasteiger charge is -2.51. The van der Waals surface area contributed by atoms with Gasteiger partial charge in [-0.1, -0.05) is 36.7 Å². The number of rotatable bonds is 4. The number of halogens is 1. The number of likely N-dealkylation sites (N-methyl/N-ethyl adjacent to an activating group) is 1. The van der Waals surface area contributed by atoms with Crippen LogP contribution in [0.1, 0.15) is 67.4 Å². The Morgan fingerprint density at radius 2 is 2.00 bits per heavy atom. The fourth-order valence-electron chi connectivity index (χ4n) is 8.32. The lowest BCUT2D eigenvalue weighted by molar-refractivity contribution is -0.173. The Labute approximate surface area is 285 Å². The van der Waals surface area contributed by atoms with Crippen LogP contribution in [0.25, 0.3) is 0 Å². The van der Waals surface area contributed by atoms with Crippen LogP contribution in [0.4, 0.5) is 5.69 Å². The molecule has 2 heterocycles. The van der Waals surface area contributed by atoms with Gasteiger partial charge in [0.25, 0.3) is 5.91 Å². The van der Waals surface area contributed by atoms with E-state index in [1.807, 2.05) is 37.2 Å². The molecule has 0 saturated heterocycles. The highest BCUT2D eigenvalue weighted by Crippen LogP contribution is 2.49. The molecule has 4 aliphatic rings. The van der Waals surface area contributed by atoms with Gasteiger partial charge in [0.2, 0.25) is 0 Å². The lowest BCUT2D eigenvalue weighted by atomic mass is 9.63. The molecular formula is C37H50ClN3O5S. The highest BCUT2D eigenvalue weighted by molar-refractivity contribution is 7.99. The summed E-state index contributed by atoms with van der Waals surface area (Å²) in [5.74, 6) is 4.98. The molecule has 6 rings (SSSR count). The number of methoxy groups -OCH3 is 1. The minimum atomic E-state index is -2.95. The maximum absolute atomic E-state index is 13.9. The predicted molar refractivity (Wildman–Crippen MR) is 191 cm³/mol. The molecule has 0 aromatic heterocycles. The molecule has 1 unspecified atom stereocenters. The second kappa shape index (κ2) is 13.4. The quantitative estimate of drug-likeness (QED) is 0.238. The van der Waals surface area contributed by atoms with Crippen molar-refractivity contribution in [2.24, 2.45) is 17.8 Å². The SMILES string of the molecule is C=S1(=O)NC(=O)c2ccc3c(c2)N(C[C@@H]2CC[C@H]2[C@@](CN(C)OC)(OC)/C=C/C[C@H](C)[C@H]1C)C[C@@]1(CCCc2cc(Cl)ccc21)CO3. The Morgan fingerprint density at radius 3 is 2.72 bits per heavy atom. The van der Waals surface area contributed by atoms with Gasteiger partial charge >= 0.3 is 0 Å². The topological polar surface area (TPSA) is 80.3 Å². The van der Waals surface area contributed by atoms with E-state index in [0.29, 0.717) is 31.1 Å². The van der Waals surface area contributed by atoms with Crippen LogP contribution in [0.5, 0.6) is 5.75 Å². The molecular weight excluding hydrogens is 634 g/mol. The number of hydroxylamine groups is 2. The summed E-state index contributed by atoms with van der Waals surface area (Å²) in [5, 5.41) is 2.25. The van der Waals surface area contributed by atoms with Crippen LogP contribution in [-0.4, -0.2) is 79.4 Å². The van der Waals surface area contributed by atoms with E-state index in [4.69, 9.17) is 25.9 Å². The molecule has 10 heteroatoms. The second-order valence-corrected chi connectivity index (χ2v) is 17.2. The summed E-state index contributed by atoms with van der Waals surface area (Å²) in [6.45, 7) is 6.61. The molecule has 2 aromatic carbocycles. The lowest BCUT2D eigenvalue weighted by Crippen LogP contribution is -2.56. The number of allylic oxidation sites excluding steroid dienone is 1. The zero-order valence-corrected chi connectivity index (χ0v) is 30.0. The van der Waals surface area contributed by atoms with Crippen molar-refractivity contribution in [2.45, 2.75) is 68.6 Å². The van der Waals surface area contributed by atoms with Crippen molar-refractivity contribution in [2.75, 3.05) is 52.4 Å². The molecule has 2 bridgehead atoms. The summed E-state index contributed by atoms with van der Waals surface area (Å²) >= 11 is 6.47. The average molecular weight is 684 g/mol. The van der Waals surface area contributed by atoms with E-state index >= 15 is 0 Å². The molecule has 1 saturated carbocycles. The minimum Gasteiger partial charge on any atom is -0.490 e. The maximum Gasteiger partial charge on any atom is 0.262 e. The zero-order valence-electron chi connectivity index (χ0n) is 28.4. The highest BCUT2D eigenvalue weighted by Gasteiger charge is 2.49. The van der Waals surface area contributed by atoms with Crippen LogP contribution in [0, 0.1) is 17.8 Å². The summed E-state index contributed by atoms with van der Waals surface area (Å²) < 4.78 is 29.8. The number of hydrogen-bond donors (Lipinski definition) is 1. The monoisotopic (exact) mass is 683 g/mol. The first kappa shape index (κ1) is 34.3. The first-order chi connectivity index (χ1) is 22.4. The summed E-state index contributed by atoms with van der Waals surface area (Å²) in [4.78, 5) is 21.7. The first-order valence-corrected chi connectivity index (χ1v) is 19.0. The normalized spacial score (nSPS) is 34.8. The molecule has 8 nitrogen and oxygen atoms in total. The Hall–Kier alpha value is -2.56. The maximum atomic E-state index is 13.9. The number of nitrogens with zero attached hydrogens (tertiary/aromatic N) is 2. The van der Waals surface area contributed by atoms with Gasteiger partial charge in [-0.2, -0.15) is 5.06 Å². The van der Waals surface area contributed by atoms with Crippen molar-refractivity contribution in [3.63, 3.8) is 0 Å². The molecule has 0 radical (unpaired) electrons. The first-order valence-electron chi connectivity index (χ1n) is 16.9. The molecule has 2 aliphatic heterocycles. The number of fused-ring (bicyclic) bond motifs is 4. The van der Waals surface area contributed by atoms with E-state index in [1.165, 1.54) is 11.1 Å². The van der Waals surface area contributed by atoms with Crippen molar-refractivity contribution < 1.29 is 23.3 Å². The number of carbonyl (C=O) groups is 1. The van der Waals surface area contributed by atoms with Gasteiger partial charge in [-0.15, -0.1) is 0 Å². The molecule has 2 aliphatic carbocycles. The van der Waals surface area contributed by atoms with Gasteiger partial charge < -0.3 is 19.2 Å². The number of anilines is 1. The third kappa shape index (κ3) is 6.58.